The van der Waals surface area contributed by atoms with Gasteiger partial charge in [-0.2, -0.15) is 0 Å². The Bertz CT molecular complexity index is 180. The van der Waals surface area contributed by atoms with Crippen molar-refractivity contribution in [3.8, 4) is 0 Å². The van der Waals surface area contributed by atoms with Crippen LogP contribution in [0.3, 0.4) is 0 Å². The van der Waals surface area contributed by atoms with E-state index in [9.17, 15) is 4.79 Å². The second-order valence-electron chi connectivity index (χ2n) is 3.84. The van der Waals surface area contributed by atoms with Crippen LogP contribution in [-0.4, -0.2) is 72.4 Å². The normalized spacial score (nSPS) is 12.9. The highest BCUT2D eigenvalue weighted by atomic mass is 16.3. The van der Waals surface area contributed by atoms with E-state index in [1.54, 1.807) is 0 Å². The molecular weight excluding hydrogens is 196 g/mol. The van der Waals surface area contributed by atoms with Crippen LogP contribution in [-0.2, 0) is 4.79 Å². The summed E-state index contributed by atoms with van der Waals surface area (Å²) in [6, 6.07) is 0.164. The first kappa shape index (κ1) is 14.3. The molecule has 0 rings (SSSR count). The van der Waals surface area contributed by atoms with Crippen molar-refractivity contribution in [1.29, 1.82) is 0 Å². The Hall–Kier alpha value is -0.650. The lowest BCUT2D eigenvalue weighted by atomic mass is 10.2. The molecule has 0 aromatic rings. The molecule has 15 heavy (non-hydrogen) atoms. The lowest BCUT2D eigenvalue weighted by molar-refractivity contribution is -0.133. The van der Waals surface area contributed by atoms with E-state index in [-0.39, 0.29) is 25.2 Å². The van der Waals surface area contributed by atoms with Crippen LogP contribution >= 0.6 is 0 Å². The van der Waals surface area contributed by atoms with Crippen molar-refractivity contribution in [2.24, 2.45) is 0 Å². The van der Waals surface area contributed by atoms with Crippen LogP contribution in [0.15, 0.2) is 0 Å². The lowest BCUT2D eigenvalue weighted by Gasteiger charge is -2.25. The molecule has 0 heterocycles. The number of nitrogens with zero attached hydrogens (tertiary/aromatic N) is 2. The molecule has 5 heteroatoms. The van der Waals surface area contributed by atoms with Crippen LogP contribution in [0, 0.1) is 0 Å². The average Bonchev–Trinajstić information content (AvgIpc) is 2.17. The van der Waals surface area contributed by atoms with Gasteiger partial charge in [0.2, 0.25) is 5.91 Å². The monoisotopic (exact) mass is 218 g/mol. The minimum Gasteiger partial charge on any atom is -0.395 e. The van der Waals surface area contributed by atoms with Gasteiger partial charge in [0.15, 0.2) is 0 Å². The van der Waals surface area contributed by atoms with E-state index in [1.165, 1.54) is 4.90 Å². The summed E-state index contributed by atoms with van der Waals surface area (Å²) < 4.78 is 0. The molecule has 0 saturated heterocycles. The van der Waals surface area contributed by atoms with Crippen LogP contribution in [0.4, 0.5) is 0 Å². The van der Waals surface area contributed by atoms with E-state index in [2.05, 4.69) is 0 Å². The number of carbonyl (C=O) groups excluding carboxylic acids is 1. The van der Waals surface area contributed by atoms with Gasteiger partial charge < -0.3 is 20.0 Å². The number of amides is 1. The molecule has 1 atom stereocenters. The SMILES string of the molecule is CC(CC(=O)N(CCO)CCO)N(C)C. The molecule has 0 aliphatic rings. The largest absolute Gasteiger partial charge is 0.395 e. The van der Waals surface area contributed by atoms with E-state index >= 15 is 0 Å². The Kier molecular flexibility index (Phi) is 7.29. The molecule has 0 aliphatic carbocycles. The molecule has 0 fully saturated rings. The third kappa shape index (κ3) is 5.71. The van der Waals surface area contributed by atoms with Crippen LogP contribution in [0.1, 0.15) is 13.3 Å². The first-order valence-corrected chi connectivity index (χ1v) is 5.18. The van der Waals surface area contributed by atoms with Crippen molar-refractivity contribution in [2.45, 2.75) is 19.4 Å². The van der Waals surface area contributed by atoms with Crippen LogP contribution < -0.4 is 0 Å². The summed E-state index contributed by atoms with van der Waals surface area (Å²) in [5.74, 6) is -0.0284. The maximum Gasteiger partial charge on any atom is 0.224 e. The fraction of sp³-hybridized carbons (Fsp3) is 0.900. The van der Waals surface area contributed by atoms with Gasteiger partial charge in [0.1, 0.15) is 0 Å². The van der Waals surface area contributed by atoms with Crippen molar-refractivity contribution in [2.75, 3.05) is 40.4 Å². The van der Waals surface area contributed by atoms with E-state index < -0.39 is 0 Å². The smallest absolute Gasteiger partial charge is 0.224 e. The standard InChI is InChI=1S/C10H22N2O3/c1-9(11(2)3)8-10(15)12(4-6-13)5-7-14/h9,13-14H,4-8H2,1-3H3. The number of aliphatic hydroxyl groups is 2. The Morgan fingerprint density at radius 2 is 1.67 bits per heavy atom. The molecule has 5 nitrogen and oxygen atoms in total. The van der Waals surface area contributed by atoms with Gasteiger partial charge in [-0.1, -0.05) is 0 Å². The molecule has 0 spiro atoms. The number of aliphatic hydroxyl groups excluding tert-OH is 2. The third-order valence-corrected chi connectivity index (χ3v) is 2.44. The van der Waals surface area contributed by atoms with E-state index in [4.69, 9.17) is 10.2 Å². The van der Waals surface area contributed by atoms with Crippen LogP contribution in [0.2, 0.25) is 0 Å². The number of carbonyl (C=O) groups is 1. The quantitative estimate of drug-likeness (QED) is 0.583. The Morgan fingerprint density at radius 1 is 1.20 bits per heavy atom. The highest BCUT2D eigenvalue weighted by Gasteiger charge is 2.16. The van der Waals surface area contributed by atoms with Gasteiger partial charge in [-0.05, 0) is 21.0 Å². The summed E-state index contributed by atoms with van der Waals surface area (Å²) in [4.78, 5) is 15.2. The fourth-order valence-electron chi connectivity index (χ4n) is 1.17. The van der Waals surface area contributed by atoms with Crippen molar-refractivity contribution in [3.05, 3.63) is 0 Å². The minimum absolute atomic E-state index is 0.0284. The second-order valence-corrected chi connectivity index (χ2v) is 3.84. The van der Waals surface area contributed by atoms with Crippen LogP contribution in [0.5, 0.6) is 0 Å². The maximum absolute atomic E-state index is 11.7. The lowest BCUT2D eigenvalue weighted by Crippen LogP contribution is -2.39. The summed E-state index contributed by atoms with van der Waals surface area (Å²) in [6.07, 6.45) is 0.410. The van der Waals surface area contributed by atoms with Gasteiger partial charge in [0.25, 0.3) is 0 Å². The maximum atomic E-state index is 11.7. The molecule has 2 N–H and O–H groups in total. The molecule has 0 aromatic heterocycles. The Balaban J connectivity index is 4.12. The number of hydrogen-bond acceptors (Lipinski definition) is 4. The van der Waals surface area contributed by atoms with Gasteiger partial charge in [0.05, 0.1) is 13.2 Å². The summed E-state index contributed by atoms with van der Waals surface area (Å²) in [5, 5.41) is 17.5. The van der Waals surface area contributed by atoms with Gasteiger partial charge in [-0.15, -0.1) is 0 Å². The van der Waals surface area contributed by atoms with Crippen molar-refractivity contribution < 1.29 is 15.0 Å². The first-order valence-electron chi connectivity index (χ1n) is 5.18. The molecular formula is C10H22N2O3. The Labute approximate surface area is 91.3 Å². The summed E-state index contributed by atoms with van der Waals surface area (Å²) in [7, 11) is 3.83. The van der Waals surface area contributed by atoms with E-state index in [0.29, 0.717) is 19.5 Å². The molecule has 1 amide bonds. The number of rotatable bonds is 7. The minimum atomic E-state index is -0.0674. The predicted molar refractivity (Wildman–Crippen MR) is 58.5 cm³/mol. The summed E-state index contributed by atoms with van der Waals surface area (Å²) in [5.41, 5.74) is 0. The zero-order valence-corrected chi connectivity index (χ0v) is 9.81. The molecule has 0 aliphatic heterocycles. The zero-order valence-electron chi connectivity index (χ0n) is 9.81. The highest BCUT2D eigenvalue weighted by Crippen LogP contribution is 2.02. The topological polar surface area (TPSA) is 64.0 Å². The molecule has 0 aromatic carbocycles. The van der Waals surface area contributed by atoms with Crippen molar-refractivity contribution in [3.63, 3.8) is 0 Å². The van der Waals surface area contributed by atoms with Gasteiger partial charge >= 0.3 is 0 Å². The zero-order chi connectivity index (χ0) is 11.8. The number of hydrogen-bond donors (Lipinski definition) is 2. The highest BCUT2D eigenvalue weighted by molar-refractivity contribution is 5.76. The molecule has 0 radical (unpaired) electrons. The van der Waals surface area contributed by atoms with Crippen molar-refractivity contribution in [1.82, 2.24) is 9.80 Å². The summed E-state index contributed by atoms with van der Waals surface area (Å²) >= 11 is 0. The van der Waals surface area contributed by atoms with Crippen molar-refractivity contribution >= 4 is 5.91 Å². The molecule has 1 unspecified atom stereocenters. The molecule has 0 bridgehead atoms. The van der Waals surface area contributed by atoms with E-state index in [1.807, 2.05) is 25.9 Å². The third-order valence-electron chi connectivity index (χ3n) is 2.44. The average molecular weight is 218 g/mol. The molecule has 90 valence electrons. The fourth-order valence-corrected chi connectivity index (χ4v) is 1.17. The van der Waals surface area contributed by atoms with Gasteiger partial charge in [0, 0.05) is 25.6 Å². The van der Waals surface area contributed by atoms with Gasteiger partial charge in [-0.3, -0.25) is 4.79 Å². The first-order chi connectivity index (χ1) is 7.02. The van der Waals surface area contributed by atoms with Crippen LogP contribution in [0.25, 0.3) is 0 Å². The summed E-state index contributed by atoms with van der Waals surface area (Å²) in [6.45, 7) is 2.41. The predicted octanol–water partition coefficient (Wildman–Crippen LogP) is -0.860. The Morgan fingerprint density at radius 3 is 2.00 bits per heavy atom. The van der Waals surface area contributed by atoms with Gasteiger partial charge in [-0.25, -0.2) is 0 Å². The molecule has 0 saturated carbocycles. The van der Waals surface area contributed by atoms with E-state index in [0.717, 1.165) is 0 Å². The second kappa shape index (κ2) is 7.62.